The van der Waals surface area contributed by atoms with E-state index in [9.17, 15) is 19.2 Å². The highest BCUT2D eigenvalue weighted by Crippen LogP contribution is 2.34. The number of rotatable bonds is 7. The Morgan fingerprint density at radius 2 is 1.75 bits per heavy atom. The molecule has 3 N–H and O–H groups in total. The quantitative estimate of drug-likeness (QED) is 0.411. The van der Waals surface area contributed by atoms with Gasteiger partial charge in [-0.25, -0.2) is 9.59 Å². The fourth-order valence-electron chi connectivity index (χ4n) is 2.85. The summed E-state index contributed by atoms with van der Waals surface area (Å²) in [6, 6.07) is 10.3. The number of anilines is 1. The van der Waals surface area contributed by atoms with Crippen LogP contribution in [0.2, 0.25) is 0 Å². The third-order valence-electron chi connectivity index (χ3n) is 4.31. The van der Waals surface area contributed by atoms with Crippen LogP contribution in [0, 0.1) is 0 Å². The number of hydrogen-bond acceptors (Lipinski definition) is 7. The van der Waals surface area contributed by atoms with Crippen molar-refractivity contribution in [1.82, 2.24) is 4.90 Å². The molecule has 164 valence electrons. The summed E-state index contributed by atoms with van der Waals surface area (Å²) in [7, 11) is 1.51. The molecule has 2 aromatic carbocycles. The summed E-state index contributed by atoms with van der Waals surface area (Å²) >= 11 is 6.26. The van der Waals surface area contributed by atoms with Crippen LogP contribution in [-0.2, 0) is 9.59 Å². The predicted molar refractivity (Wildman–Crippen MR) is 122 cm³/mol. The van der Waals surface area contributed by atoms with Gasteiger partial charge in [-0.1, -0.05) is 42.2 Å². The molecule has 11 heteroatoms. The summed E-state index contributed by atoms with van der Waals surface area (Å²) in [5, 5.41) is 20.7. The van der Waals surface area contributed by atoms with Gasteiger partial charge in [-0.2, -0.15) is 0 Å². The molecule has 0 aliphatic carbocycles. The molecule has 0 atom stereocenters. The van der Waals surface area contributed by atoms with Gasteiger partial charge in [0.1, 0.15) is 16.6 Å². The lowest BCUT2D eigenvalue weighted by molar-refractivity contribution is -0.126. The summed E-state index contributed by atoms with van der Waals surface area (Å²) in [6.07, 6.45) is 1.62. The van der Waals surface area contributed by atoms with Crippen molar-refractivity contribution in [3.05, 3.63) is 64.1 Å². The van der Waals surface area contributed by atoms with Crippen molar-refractivity contribution >= 4 is 63.8 Å². The number of hydrogen-bond donors (Lipinski definition) is 3. The molecule has 1 aliphatic rings. The maximum absolute atomic E-state index is 12.8. The molecule has 0 aromatic heterocycles. The first-order valence-electron chi connectivity index (χ1n) is 8.99. The van der Waals surface area contributed by atoms with E-state index >= 15 is 0 Å². The highest BCUT2D eigenvalue weighted by atomic mass is 32.2. The van der Waals surface area contributed by atoms with Crippen molar-refractivity contribution in [2.24, 2.45) is 0 Å². The van der Waals surface area contributed by atoms with Crippen LogP contribution in [0.1, 0.15) is 26.3 Å². The Morgan fingerprint density at radius 3 is 2.34 bits per heavy atom. The van der Waals surface area contributed by atoms with E-state index in [2.05, 4.69) is 5.32 Å². The van der Waals surface area contributed by atoms with Crippen LogP contribution >= 0.6 is 24.0 Å². The summed E-state index contributed by atoms with van der Waals surface area (Å²) < 4.78 is 5.45. The minimum absolute atomic E-state index is 0.0256. The molecule has 3 rings (SSSR count). The van der Waals surface area contributed by atoms with Crippen molar-refractivity contribution in [2.75, 3.05) is 19.0 Å². The van der Waals surface area contributed by atoms with E-state index in [4.69, 9.17) is 27.2 Å². The maximum atomic E-state index is 12.8. The van der Waals surface area contributed by atoms with Crippen molar-refractivity contribution in [3.8, 4) is 5.75 Å². The van der Waals surface area contributed by atoms with Crippen LogP contribution < -0.4 is 10.1 Å². The van der Waals surface area contributed by atoms with Crippen LogP contribution in [0.15, 0.2) is 47.4 Å². The molecule has 9 nitrogen and oxygen atoms in total. The largest absolute Gasteiger partial charge is 0.496 e. The summed E-state index contributed by atoms with van der Waals surface area (Å²) in [5.41, 5.74) is 0.0463. The number of methoxy groups -OCH3 is 1. The highest BCUT2D eigenvalue weighted by Gasteiger charge is 2.33. The Hall–Kier alpha value is -3.70. The second-order valence-corrected chi connectivity index (χ2v) is 8.14. The average Bonchev–Trinajstić information content (AvgIpc) is 3.01. The number of carbonyl (C=O) groups is 4. The Morgan fingerprint density at radius 1 is 1.12 bits per heavy atom. The number of thioether (sulfide) groups is 1. The number of carboxylic acid groups (broad SMARTS) is 2. The third kappa shape index (κ3) is 5.13. The lowest BCUT2D eigenvalue weighted by Gasteiger charge is -2.14. The topological polar surface area (TPSA) is 133 Å². The normalized spacial score (nSPS) is 14.5. The van der Waals surface area contributed by atoms with Crippen LogP contribution in [0.25, 0.3) is 6.08 Å². The smallest absolute Gasteiger partial charge is 0.335 e. The number of nitrogens with one attached hydrogen (secondary N) is 1. The Labute approximate surface area is 191 Å². The lowest BCUT2D eigenvalue weighted by Crippen LogP contribution is -2.36. The van der Waals surface area contributed by atoms with Gasteiger partial charge in [0.25, 0.3) is 5.91 Å². The number of para-hydroxylation sites is 1. The van der Waals surface area contributed by atoms with Gasteiger partial charge in [0.2, 0.25) is 5.91 Å². The fraction of sp³-hybridized carbons (Fsp3) is 0.0952. The summed E-state index contributed by atoms with van der Waals surface area (Å²) in [4.78, 5) is 49.1. The summed E-state index contributed by atoms with van der Waals surface area (Å²) in [5.74, 6) is -3.25. The van der Waals surface area contributed by atoms with Gasteiger partial charge in [0.05, 0.1) is 23.1 Å². The number of thiocarbonyl (C=S) groups is 1. The molecule has 2 aromatic rings. The molecule has 1 aliphatic heterocycles. The van der Waals surface area contributed by atoms with Gasteiger partial charge in [0, 0.05) is 11.3 Å². The minimum atomic E-state index is -1.35. The van der Waals surface area contributed by atoms with E-state index < -0.39 is 30.3 Å². The van der Waals surface area contributed by atoms with Gasteiger partial charge < -0.3 is 20.3 Å². The van der Waals surface area contributed by atoms with Gasteiger partial charge in [0.15, 0.2) is 0 Å². The second-order valence-electron chi connectivity index (χ2n) is 6.47. The van der Waals surface area contributed by atoms with Crippen LogP contribution in [-0.4, -0.2) is 56.8 Å². The number of carbonyl (C=O) groups excluding carboxylic acids is 2. The number of ether oxygens (including phenoxy) is 1. The number of benzene rings is 2. The third-order valence-corrected chi connectivity index (χ3v) is 5.69. The SMILES string of the molecule is COc1ccccc1/C=C1\SC(=S)N(CC(=O)Nc2cc(C(=O)O)cc(C(=O)O)c2)C1=O. The fourth-order valence-corrected chi connectivity index (χ4v) is 4.10. The molecule has 1 heterocycles. The molecule has 2 amide bonds. The molecule has 0 saturated carbocycles. The molecule has 0 bridgehead atoms. The van der Waals surface area contributed by atoms with Crippen molar-refractivity contribution in [2.45, 2.75) is 0 Å². The predicted octanol–water partition coefficient (Wildman–Crippen LogP) is 2.93. The Bertz CT molecular complexity index is 1140. The lowest BCUT2D eigenvalue weighted by atomic mass is 10.1. The number of aromatic carboxylic acids is 2. The molecule has 0 spiro atoms. The van der Waals surface area contributed by atoms with Gasteiger partial charge in [-0.3, -0.25) is 14.5 Å². The molecular formula is C21H16N2O7S2. The maximum Gasteiger partial charge on any atom is 0.335 e. The van der Waals surface area contributed by atoms with Gasteiger partial charge in [-0.05, 0) is 30.3 Å². The van der Waals surface area contributed by atoms with E-state index in [1.54, 1.807) is 30.3 Å². The first-order chi connectivity index (χ1) is 15.2. The van der Waals surface area contributed by atoms with Crippen LogP contribution in [0.5, 0.6) is 5.75 Å². The zero-order valence-corrected chi connectivity index (χ0v) is 18.2. The first kappa shape index (κ1) is 23.0. The van der Waals surface area contributed by atoms with Gasteiger partial charge >= 0.3 is 11.9 Å². The van der Waals surface area contributed by atoms with Crippen molar-refractivity contribution < 1.29 is 34.1 Å². The van der Waals surface area contributed by atoms with E-state index in [0.717, 1.165) is 34.9 Å². The monoisotopic (exact) mass is 472 g/mol. The van der Waals surface area contributed by atoms with Crippen molar-refractivity contribution in [1.29, 1.82) is 0 Å². The number of amides is 2. The zero-order chi connectivity index (χ0) is 23.4. The molecule has 32 heavy (non-hydrogen) atoms. The van der Waals surface area contributed by atoms with E-state index in [-0.39, 0.29) is 21.1 Å². The van der Waals surface area contributed by atoms with Crippen LogP contribution in [0.4, 0.5) is 5.69 Å². The zero-order valence-electron chi connectivity index (χ0n) is 16.5. The van der Waals surface area contributed by atoms with E-state index in [1.165, 1.54) is 7.11 Å². The standard InChI is InChI=1S/C21H16N2O7S2/c1-30-15-5-3-2-4-11(15)9-16-18(25)23(21(31)32-16)10-17(24)22-14-7-12(19(26)27)6-13(8-14)20(28)29/h2-9H,10H2,1H3,(H,22,24)(H,26,27)(H,28,29)/b16-9-. The highest BCUT2D eigenvalue weighted by molar-refractivity contribution is 8.26. The molecule has 1 fully saturated rings. The Kier molecular flexibility index (Phi) is 6.91. The van der Waals surface area contributed by atoms with E-state index in [0.29, 0.717) is 16.2 Å². The number of carboxylic acids is 2. The molecule has 1 saturated heterocycles. The molecule has 0 unspecified atom stereocenters. The summed E-state index contributed by atoms with van der Waals surface area (Å²) in [6.45, 7) is -0.423. The van der Waals surface area contributed by atoms with Crippen molar-refractivity contribution in [3.63, 3.8) is 0 Å². The average molecular weight is 473 g/mol. The van der Waals surface area contributed by atoms with Gasteiger partial charge in [-0.15, -0.1) is 0 Å². The van der Waals surface area contributed by atoms with Crippen LogP contribution in [0.3, 0.4) is 0 Å². The Balaban J connectivity index is 1.76. The molecule has 0 radical (unpaired) electrons. The minimum Gasteiger partial charge on any atom is -0.496 e. The first-order valence-corrected chi connectivity index (χ1v) is 10.2. The van der Waals surface area contributed by atoms with E-state index in [1.807, 2.05) is 0 Å². The molecular weight excluding hydrogens is 456 g/mol. The number of nitrogens with zero attached hydrogens (tertiary/aromatic N) is 1. The second kappa shape index (κ2) is 9.62.